The lowest BCUT2D eigenvalue weighted by molar-refractivity contribution is 0.0319. The molecule has 7 nitrogen and oxygen atoms in total. The third-order valence-electron chi connectivity index (χ3n) is 10.4. The van der Waals surface area contributed by atoms with Crippen LogP contribution in [0.25, 0.3) is 0 Å². The van der Waals surface area contributed by atoms with E-state index in [1.165, 1.54) is 139 Å². The molecule has 9 heteroatoms. The molecule has 0 saturated heterocycles. The molecule has 3 aromatic rings. The lowest BCUT2D eigenvalue weighted by Gasteiger charge is -2.13. The highest BCUT2D eigenvalue weighted by molar-refractivity contribution is 5.93. The molecule has 0 saturated carbocycles. The van der Waals surface area contributed by atoms with Crippen LogP contribution >= 0.6 is 0 Å². The quantitative estimate of drug-likeness (QED) is 0.0363. The third-order valence-corrected chi connectivity index (χ3v) is 10.4. The number of hydrogen-bond donors (Lipinski definition) is 0. The molecule has 0 aliphatic heterocycles. The maximum absolute atomic E-state index is 14.9. The number of esters is 3. The summed E-state index contributed by atoms with van der Waals surface area (Å²) in [4.78, 5) is 37.9. The number of unbranched alkanes of at least 4 members (excludes halogenated alkanes) is 20. The van der Waals surface area contributed by atoms with Crippen LogP contribution in [-0.4, -0.2) is 30.6 Å². The van der Waals surface area contributed by atoms with Crippen LogP contribution in [0.3, 0.4) is 0 Å². The highest BCUT2D eigenvalue weighted by Gasteiger charge is 2.18. The fraction of sp³-hybridized carbons (Fsp3) is 0.571. The molecule has 0 N–H and O–H groups in total. The summed E-state index contributed by atoms with van der Waals surface area (Å²) in [7, 11) is 0. The molecule has 1 atom stereocenters. The summed E-state index contributed by atoms with van der Waals surface area (Å²) in [6.45, 7) is 6.64. The average molecular weight is 807 g/mol. The minimum absolute atomic E-state index is 0.0370. The van der Waals surface area contributed by atoms with Crippen molar-refractivity contribution in [3.05, 3.63) is 89.0 Å². The van der Waals surface area contributed by atoms with Gasteiger partial charge in [-0.15, -0.1) is 0 Å². The van der Waals surface area contributed by atoms with E-state index >= 15 is 0 Å². The molecule has 0 heterocycles. The fourth-order valence-electron chi connectivity index (χ4n) is 6.79. The summed E-state index contributed by atoms with van der Waals surface area (Å²) in [6, 6.07) is 12.9. The number of halogens is 2. The normalized spacial score (nSPS) is 11.6. The van der Waals surface area contributed by atoms with Gasteiger partial charge in [0.2, 0.25) is 0 Å². The van der Waals surface area contributed by atoms with Crippen LogP contribution in [0.4, 0.5) is 8.78 Å². The molecule has 3 aromatic carbocycles. The first-order chi connectivity index (χ1) is 28.2. The summed E-state index contributed by atoms with van der Waals surface area (Å²) >= 11 is 0. The van der Waals surface area contributed by atoms with E-state index in [0.29, 0.717) is 12.2 Å². The van der Waals surface area contributed by atoms with Crippen LogP contribution in [0.5, 0.6) is 17.2 Å². The van der Waals surface area contributed by atoms with E-state index in [1.54, 1.807) is 0 Å². The van der Waals surface area contributed by atoms with Gasteiger partial charge in [0.15, 0.2) is 23.1 Å². The van der Waals surface area contributed by atoms with Crippen molar-refractivity contribution in [1.29, 1.82) is 0 Å². The van der Waals surface area contributed by atoms with Crippen LogP contribution in [0.1, 0.15) is 200 Å². The van der Waals surface area contributed by atoms with E-state index in [9.17, 15) is 23.2 Å². The van der Waals surface area contributed by atoms with E-state index in [-0.39, 0.29) is 28.7 Å². The Labute approximate surface area is 346 Å². The smallest absolute Gasteiger partial charge is 0.343 e. The first-order valence-corrected chi connectivity index (χ1v) is 22.2. The van der Waals surface area contributed by atoms with Crippen LogP contribution in [-0.2, 0) is 4.74 Å². The Hall–Kier alpha value is -4.27. The van der Waals surface area contributed by atoms with Crippen molar-refractivity contribution < 1.29 is 42.1 Å². The zero-order valence-corrected chi connectivity index (χ0v) is 35.4. The summed E-state index contributed by atoms with van der Waals surface area (Å²) in [6.07, 6.45) is 28.1. The molecule has 0 fully saturated rings. The molecule has 0 aliphatic rings. The van der Waals surface area contributed by atoms with Crippen molar-refractivity contribution in [3.63, 3.8) is 0 Å². The van der Waals surface area contributed by atoms with E-state index in [1.807, 2.05) is 6.92 Å². The number of ether oxygens (including phenoxy) is 4. The van der Waals surface area contributed by atoms with E-state index in [2.05, 4.69) is 13.8 Å². The SMILES string of the molecule is CCCCCCCCCCCCCCCCCCCCOc1ccc(C(=O)Oc2ccc(C(=O)Oc3ccc(C(=O)O[C@H](C)CCCCCC)cc3)cc2F)cc1F. The molecular weight excluding hydrogens is 739 g/mol. The molecule has 0 aliphatic carbocycles. The van der Waals surface area contributed by atoms with Crippen molar-refractivity contribution in [3.8, 4) is 17.2 Å². The van der Waals surface area contributed by atoms with Gasteiger partial charge in [0.05, 0.1) is 29.4 Å². The average Bonchev–Trinajstić information content (AvgIpc) is 3.21. The van der Waals surface area contributed by atoms with Gasteiger partial charge in [0, 0.05) is 0 Å². The van der Waals surface area contributed by atoms with Crippen molar-refractivity contribution in [2.75, 3.05) is 6.61 Å². The maximum Gasteiger partial charge on any atom is 0.343 e. The minimum Gasteiger partial charge on any atom is -0.491 e. The summed E-state index contributed by atoms with van der Waals surface area (Å²) in [5.74, 6) is -4.22. The molecule has 0 radical (unpaired) electrons. The van der Waals surface area contributed by atoms with Gasteiger partial charge in [-0.2, -0.15) is 0 Å². The Morgan fingerprint density at radius 2 is 0.897 bits per heavy atom. The summed E-state index contributed by atoms with van der Waals surface area (Å²) < 4.78 is 51.3. The number of benzene rings is 3. The number of rotatable bonds is 31. The molecule has 320 valence electrons. The molecule has 0 amide bonds. The number of hydrogen-bond acceptors (Lipinski definition) is 7. The second-order valence-corrected chi connectivity index (χ2v) is 15.5. The van der Waals surface area contributed by atoms with Crippen LogP contribution in [0, 0.1) is 11.6 Å². The van der Waals surface area contributed by atoms with Crippen molar-refractivity contribution in [1.82, 2.24) is 0 Å². The second-order valence-electron chi connectivity index (χ2n) is 15.5. The Balaban J connectivity index is 1.29. The molecule has 0 unspecified atom stereocenters. The molecule has 0 bridgehead atoms. The van der Waals surface area contributed by atoms with Crippen LogP contribution in [0.15, 0.2) is 60.7 Å². The largest absolute Gasteiger partial charge is 0.491 e. The predicted octanol–water partition coefficient (Wildman–Crippen LogP) is 14.3. The van der Waals surface area contributed by atoms with E-state index in [4.69, 9.17) is 18.9 Å². The van der Waals surface area contributed by atoms with Gasteiger partial charge in [-0.3, -0.25) is 0 Å². The van der Waals surface area contributed by atoms with Crippen molar-refractivity contribution >= 4 is 17.9 Å². The first kappa shape index (κ1) is 48.1. The Morgan fingerprint density at radius 3 is 1.38 bits per heavy atom. The van der Waals surface area contributed by atoms with E-state index < -0.39 is 35.3 Å². The van der Waals surface area contributed by atoms with Gasteiger partial charge in [-0.05, 0) is 86.8 Å². The van der Waals surface area contributed by atoms with Crippen LogP contribution in [0.2, 0.25) is 0 Å². The zero-order chi connectivity index (χ0) is 41.8. The topological polar surface area (TPSA) is 88.1 Å². The molecule has 3 rings (SSSR count). The zero-order valence-electron chi connectivity index (χ0n) is 35.4. The minimum atomic E-state index is -0.977. The van der Waals surface area contributed by atoms with Gasteiger partial charge in [-0.25, -0.2) is 23.2 Å². The predicted molar refractivity (Wildman–Crippen MR) is 227 cm³/mol. The van der Waals surface area contributed by atoms with Crippen LogP contribution < -0.4 is 14.2 Å². The fourth-order valence-corrected chi connectivity index (χ4v) is 6.79. The standard InChI is InChI=1S/C49H68F2O7/c1-4-6-8-10-11-12-13-14-15-16-17-18-19-20-21-22-23-25-35-55-45-33-29-41(36-43(45)50)49(54)58-46-34-30-40(37-44(46)51)48(53)57-42-31-27-39(28-32-42)47(52)56-38(3)26-24-9-7-5-2/h27-34,36-38H,4-26,35H2,1-3H3/t38-/m1/s1. The number of carbonyl (C=O) groups is 3. The van der Waals surface area contributed by atoms with E-state index in [0.717, 1.165) is 69.6 Å². The first-order valence-electron chi connectivity index (χ1n) is 22.2. The monoisotopic (exact) mass is 806 g/mol. The highest BCUT2D eigenvalue weighted by Crippen LogP contribution is 2.24. The van der Waals surface area contributed by atoms with Crippen molar-refractivity contribution in [2.24, 2.45) is 0 Å². The summed E-state index contributed by atoms with van der Waals surface area (Å²) in [5.41, 5.74) is 0.0741. The summed E-state index contributed by atoms with van der Waals surface area (Å²) in [5, 5.41) is 0. The van der Waals surface area contributed by atoms with Gasteiger partial charge < -0.3 is 18.9 Å². The lowest BCUT2D eigenvalue weighted by Crippen LogP contribution is -2.15. The second kappa shape index (κ2) is 29.0. The lowest BCUT2D eigenvalue weighted by atomic mass is 10.0. The number of carbonyl (C=O) groups excluding carboxylic acids is 3. The Kier molecular flexibility index (Phi) is 24.1. The Morgan fingerprint density at radius 1 is 0.483 bits per heavy atom. The molecule has 58 heavy (non-hydrogen) atoms. The maximum atomic E-state index is 14.9. The van der Waals surface area contributed by atoms with Gasteiger partial charge >= 0.3 is 17.9 Å². The van der Waals surface area contributed by atoms with Gasteiger partial charge in [-0.1, -0.05) is 142 Å². The molecule has 0 spiro atoms. The van der Waals surface area contributed by atoms with Gasteiger partial charge in [0.1, 0.15) is 5.75 Å². The molecular formula is C49H68F2O7. The highest BCUT2D eigenvalue weighted by atomic mass is 19.1. The Bertz CT molecular complexity index is 1620. The van der Waals surface area contributed by atoms with Gasteiger partial charge in [0.25, 0.3) is 0 Å². The van der Waals surface area contributed by atoms with Crippen molar-refractivity contribution in [2.45, 2.75) is 175 Å². The molecule has 0 aromatic heterocycles. The third kappa shape index (κ3) is 19.5.